The lowest BCUT2D eigenvalue weighted by atomic mass is 10.2. The maximum Gasteiger partial charge on any atom is 0.337 e. The third-order valence-corrected chi connectivity index (χ3v) is 5.31. The van der Waals surface area contributed by atoms with Gasteiger partial charge in [0.2, 0.25) is 5.62 Å². The minimum absolute atomic E-state index is 0.0360. The van der Waals surface area contributed by atoms with Crippen LogP contribution < -0.4 is 15.9 Å². The maximum atomic E-state index is 13.0. The van der Waals surface area contributed by atoms with Gasteiger partial charge in [-0.25, -0.2) is 9.79 Å². The molecule has 172 valence electrons. The molecule has 0 atom stereocenters. The molecule has 0 radical (unpaired) electrons. The van der Waals surface area contributed by atoms with Gasteiger partial charge in [0, 0.05) is 23.0 Å². The smallest absolute Gasteiger partial charge is 0.337 e. The molecule has 0 bridgehead atoms. The first-order chi connectivity index (χ1) is 16.4. The number of carbonyl (C=O) groups is 1. The Morgan fingerprint density at radius 2 is 1.85 bits per heavy atom. The standard InChI is InChI=1S/C25H21ClN4O4/c1-2-17-13-28-25(30(23(17)31)15-16-3-5-19(26)6-4-16)29-20-7-9-21(10-8-20)34-22-11-18(24(32)33)12-27-14-22/h3-14H,2,15H2,1H3,(H,28,29)(H,32,33). The highest BCUT2D eigenvalue weighted by molar-refractivity contribution is 6.30. The van der Waals surface area contributed by atoms with Crippen molar-refractivity contribution in [3.63, 3.8) is 0 Å². The molecule has 2 N–H and O–H groups in total. The highest BCUT2D eigenvalue weighted by Gasteiger charge is 2.08. The number of carboxylic acid groups (broad SMARTS) is 1. The second-order valence-electron chi connectivity index (χ2n) is 7.43. The van der Waals surface area contributed by atoms with Crippen LogP contribution in [0.2, 0.25) is 5.02 Å². The molecular formula is C25H21ClN4O4. The van der Waals surface area contributed by atoms with Gasteiger partial charge in [0.15, 0.2) is 0 Å². The van der Waals surface area contributed by atoms with Gasteiger partial charge in [-0.15, -0.1) is 0 Å². The van der Waals surface area contributed by atoms with Crippen LogP contribution in [0.5, 0.6) is 11.5 Å². The first-order valence-electron chi connectivity index (χ1n) is 10.5. The molecule has 0 saturated heterocycles. The van der Waals surface area contributed by atoms with Crippen molar-refractivity contribution in [3.8, 4) is 11.5 Å². The van der Waals surface area contributed by atoms with Crippen molar-refractivity contribution >= 4 is 23.3 Å². The summed E-state index contributed by atoms with van der Waals surface area (Å²) in [6.45, 7) is 2.27. The lowest BCUT2D eigenvalue weighted by Crippen LogP contribution is -2.37. The zero-order chi connectivity index (χ0) is 24.1. The summed E-state index contributed by atoms with van der Waals surface area (Å²) in [5, 5.41) is 9.72. The number of halogens is 1. The lowest BCUT2D eigenvalue weighted by molar-refractivity contribution is 0.0696. The number of aromatic carboxylic acids is 1. The fourth-order valence-electron chi connectivity index (χ4n) is 3.26. The number of ether oxygens (including phenoxy) is 1. The first-order valence-corrected chi connectivity index (χ1v) is 10.9. The number of nitrogens with one attached hydrogen (secondary N) is 1. The van der Waals surface area contributed by atoms with Crippen LogP contribution in [0.25, 0.3) is 0 Å². The number of nitrogens with zero attached hydrogens (tertiary/aromatic N) is 3. The summed E-state index contributed by atoms with van der Waals surface area (Å²) < 4.78 is 7.29. The largest absolute Gasteiger partial charge is 0.478 e. The minimum atomic E-state index is -1.08. The van der Waals surface area contributed by atoms with Gasteiger partial charge >= 0.3 is 5.97 Å². The average molecular weight is 477 g/mol. The van der Waals surface area contributed by atoms with E-state index in [0.717, 1.165) is 5.56 Å². The molecule has 8 nitrogen and oxygen atoms in total. The number of rotatable bonds is 7. The van der Waals surface area contributed by atoms with Crippen LogP contribution in [-0.2, 0) is 13.0 Å². The van der Waals surface area contributed by atoms with Crippen molar-refractivity contribution in [1.29, 1.82) is 0 Å². The van der Waals surface area contributed by atoms with Gasteiger partial charge in [-0.05, 0) is 54.4 Å². The Bertz CT molecular complexity index is 1440. The molecule has 2 aromatic heterocycles. The summed E-state index contributed by atoms with van der Waals surface area (Å²) >= 11 is 5.98. The molecule has 4 rings (SSSR count). The molecule has 0 unspecified atom stereocenters. The summed E-state index contributed by atoms with van der Waals surface area (Å²) in [4.78, 5) is 35.7. The second kappa shape index (κ2) is 10.2. The van der Waals surface area contributed by atoms with Gasteiger partial charge in [-0.1, -0.05) is 30.7 Å². The van der Waals surface area contributed by atoms with E-state index in [1.807, 2.05) is 19.1 Å². The molecule has 0 spiro atoms. The van der Waals surface area contributed by atoms with E-state index in [0.29, 0.717) is 46.4 Å². The van der Waals surface area contributed by atoms with Crippen LogP contribution in [0.1, 0.15) is 28.4 Å². The van der Waals surface area contributed by atoms with E-state index in [9.17, 15) is 9.59 Å². The lowest BCUT2D eigenvalue weighted by Gasteiger charge is -2.09. The number of H-pyrrole nitrogens is 1. The van der Waals surface area contributed by atoms with Gasteiger partial charge in [0.05, 0.1) is 24.0 Å². The maximum absolute atomic E-state index is 13.0. The number of hydrogen-bond acceptors (Lipinski definition) is 5. The van der Waals surface area contributed by atoms with Gasteiger partial charge < -0.3 is 14.8 Å². The molecule has 9 heteroatoms. The summed E-state index contributed by atoms with van der Waals surface area (Å²) in [5.41, 5.74) is 2.52. The molecule has 0 aliphatic rings. The number of carboxylic acids is 1. The van der Waals surface area contributed by atoms with E-state index < -0.39 is 5.97 Å². The minimum Gasteiger partial charge on any atom is -0.478 e. The highest BCUT2D eigenvalue weighted by Crippen LogP contribution is 2.24. The highest BCUT2D eigenvalue weighted by atomic mass is 35.5. The molecule has 0 aliphatic heterocycles. The van der Waals surface area contributed by atoms with Gasteiger partial charge in [0.25, 0.3) is 5.56 Å². The summed E-state index contributed by atoms with van der Waals surface area (Å²) in [6.07, 6.45) is 4.96. The molecule has 0 saturated carbocycles. The fraction of sp³-hybridized carbons (Fsp3) is 0.120. The molecule has 2 heterocycles. The van der Waals surface area contributed by atoms with E-state index in [2.05, 4.69) is 15.0 Å². The Balaban J connectivity index is 1.64. The molecule has 0 amide bonds. The molecular weight excluding hydrogens is 456 g/mol. The van der Waals surface area contributed by atoms with Crippen molar-refractivity contribution in [2.45, 2.75) is 19.9 Å². The van der Waals surface area contributed by atoms with E-state index in [1.54, 1.807) is 47.2 Å². The number of hydrogen-bond donors (Lipinski definition) is 2. The van der Waals surface area contributed by atoms with Crippen LogP contribution in [0.3, 0.4) is 0 Å². The van der Waals surface area contributed by atoms with Crippen molar-refractivity contribution < 1.29 is 14.6 Å². The van der Waals surface area contributed by atoms with Crippen LogP contribution in [0.15, 0.2) is 83.0 Å². The Labute approximate surface area is 199 Å². The summed E-state index contributed by atoms with van der Waals surface area (Å²) in [6, 6.07) is 15.6. The second-order valence-corrected chi connectivity index (χ2v) is 7.87. The molecule has 4 aromatic rings. The number of aromatic nitrogens is 3. The quantitative estimate of drug-likeness (QED) is 0.406. The first kappa shape index (κ1) is 23.0. The summed E-state index contributed by atoms with van der Waals surface area (Å²) in [7, 11) is 0. The molecule has 34 heavy (non-hydrogen) atoms. The molecule has 0 fully saturated rings. The van der Waals surface area contributed by atoms with Crippen LogP contribution in [0.4, 0.5) is 5.69 Å². The Morgan fingerprint density at radius 1 is 1.12 bits per heavy atom. The number of aryl methyl sites for hydroxylation is 1. The molecule has 0 aliphatic carbocycles. The number of aromatic amines is 1. The third kappa shape index (κ3) is 5.41. The van der Waals surface area contributed by atoms with Crippen LogP contribution >= 0.6 is 11.6 Å². The number of pyridine rings is 1. The SMILES string of the molecule is CCc1c[nH]/c(=N\c2ccc(Oc3cncc(C(=O)O)c3)cc2)n(Cc2ccc(Cl)cc2)c1=O. The van der Waals surface area contributed by atoms with Crippen LogP contribution in [-0.4, -0.2) is 25.6 Å². The average Bonchev–Trinajstić information content (AvgIpc) is 2.84. The zero-order valence-electron chi connectivity index (χ0n) is 18.2. The van der Waals surface area contributed by atoms with E-state index in [4.69, 9.17) is 21.4 Å². The van der Waals surface area contributed by atoms with E-state index in [-0.39, 0.29) is 11.1 Å². The van der Waals surface area contributed by atoms with Gasteiger partial charge in [0.1, 0.15) is 11.5 Å². The van der Waals surface area contributed by atoms with E-state index in [1.165, 1.54) is 18.5 Å². The Morgan fingerprint density at radius 3 is 2.53 bits per heavy atom. The predicted molar refractivity (Wildman–Crippen MR) is 128 cm³/mol. The van der Waals surface area contributed by atoms with Crippen molar-refractivity contribution in [3.05, 3.63) is 111 Å². The predicted octanol–water partition coefficient (Wildman–Crippen LogP) is 4.56. The zero-order valence-corrected chi connectivity index (χ0v) is 19.0. The topological polar surface area (TPSA) is 110 Å². The van der Waals surface area contributed by atoms with Crippen molar-refractivity contribution in [1.82, 2.24) is 14.5 Å². The van der Waals surface area contributed by atoms with Crippen molar-refractivity contribution in [2.24, 2.45) is 4.99 Å². The number of benzene rings is 2. The summed E-state index contributed by atoms with van der Waals surface area (Å²) in [5.74, 6) is -0.279. The fourth-order valence-corrected chi connectivity index (χ4v) is 3.39. The van der Waals surface area contributed by atoms with E-state index >= 15 is 0 Å². The Hall–Kier alpha value is -4.17. The Kier molecular flexibility index (Phi) is 6.89. The monoisotopic (exact) mass is 476 g/mol. The van der Waals surface area contributed by atoms with Crippen molar-refractivity contribution in [2.75, 3.05) is 0 Å². The third-order valence-electron chi connectivity index (χ3n) is 5.05. The van der Waals surface area contributed by atoms with Gasteiger partial charge in [-0.3, -0.25) is 14.3 Å². The molecule has 2 aromatic carbocycles. The normalized spacial score (nSPS) is 11.4. The van der Waals surface area contributed by atoms with Crippen LogP contribution in [0, 0.1) is 0 Å². The van der Waals surface area contributed by atoms with Gasteiger partial charge in [-0.2, -0.15) is 0 Å².